The fourth-order valence-electron chi connectivity index (χ4n) is 5.75. The van der Waals surface area contributed by atoms with Gasteiger partial charge in [0.25, 0.3) is 0 Å². The predicted molar refractivity (Wildman–Crippen MR) is 160 cm³/mol. The largest absolute Gasteiger partial charge is 0.475 e. The molecule has 4 rings (SSSR count). The van der Waals surface area contributed by atoms with Crippen LogP contribution in [0, 0.1) is 0 Å². The van der Waals surface area contributed by atoms with Crippen LogP contribution < -0.4 is 10.6 Å². The lowest BCUT2D eigenvalue weighted by Gasteiger charge is -2.30. The molecule has 242 valence electrons. The molecule has 2 fully saturated rings. The first-order chi connectivity index (χ1) is 20.9. The van der Waals surface area contributed by atoms with Crippen LogP contribution in [-0.2, 0) is 36.9 Å². The topological polar surface area (TPSA) is 167 Å². The van der Waals surface area contributed by atoms with Gasteiger partial charge in [0, 0.05) is 26.1 Å². The lowest BCUT2D eigenvalue weighted by molar-refractivity contribution is -0.141. The van der Waals surface area contributed by atoms with Crippen molar-refractivity contribution in [1.82, 2.24) is 20.4 Å². The monoisotopic (exact) mass is 616 g/mol. The van der Waals surface area contributed by atoms with Gasteiger partial charge in [0.05, 0.1) is 19.1 Å². The van der Waals surface area contributed by atoms with Crippen LogP contribution >= 0.6 is 0 Å². The molecular formula is C30H45BN4O9. The Kier molecular flexibility index (Phi) is 11.5. The molecule has 14 heteroatoms. The van der Waals surface area contributed by atoms with Crippen LogP contribution in [0.3, 0.4) is 0 Å². The highest BCUT2D eigenvalue weighted by molar-refractivity contribution is 6.43. The summed E-state index contributed by atoms with van der Waals surface area (Å²) >= 11 is 0. The molecule has 0 spiro atoms. The summed E-state index contributed by atoms with van der Waals surface area (Å²) in [5.41, 5.74) is 1.24. The molecule has 0 unspecified atom stereocenters. The Morgan fingerprint density at radius 1 is 1.05 bits per heavy atom. The van der Waals surface area contributed by atoms with Crippen molar-refractivity contribution in [1.29, 1.82) is 0 Å². The Morgan fingerprint density at radius 3 is 2.36 bits per heavy atom. The zero-order valence-corrected chi connectivity index (χ0v) is 25.8. The SMILES string of the molecule is CC(C)(C)OC(=O)N[C@@H]1COCCCCCCC[C@H](B(O)O)NC(=O)[C@@H]2C[C@@H](OC(=O)N3Cc4ccccc4C3)CN2C1=O. The van der Waals surface area contributed by atoms with Gasteiger partial charge in [-0.25, -0.2) is 9.59 Å². The normalized spacial score (nSPS) is 25.5. The summed E-state index contributed by atoms with van der Waals surface area (Å²) in [6.07, 6.45) is 2.20. The second-order valence-electron chi connectivity index (χ2n) is 12.7. The number of amides is 4. The van der Waals surface area contributed by atoms with Crippen LogP contribution in [0.15, 0.2) is 24.3 Å². The molecular weight excluding hydrogens is 571 g/mol. The first kappa shape index (κ1) is 33.5. The minimum Gasteiger partial charge on any atom is -0.444 e. The summed E-state index contributed by atoms with van der Waals surface area (Å²) in [5.74, 6) is -2.14. The Hall–Kier alpha value is -3.36. The van der Waals surface area contributed by atoms with Crippen LogP contribution in [0.2, 0.25) is 0 Å². The highest BCUT2D eigenvalue weighted by Gasteiger charge is 2.45. The molecule has 4 atom stereocenters. The second kappa shape index (κ2) is 15.1. The number of rotatable bonds is 3. The molecule has 1 aromatic rings. The van der Waals surface area contributed by atoms with E-state index >= 15 is 0 Å². The van der Waals surface area contributed by atoms with Gasteiger partial charge < -0.3 is 39.8 Å². The quantitative estimate of drug-likeness (QED) is 0.371. The van der Waals surface area contributed by atoms with E-state index in [0.717, 1.165) is 36.8 Å². The summed E-state index contributed by atoms with van der Waals surface area (Å²) in [6.45, 7) is 6.03. The van der Waals surface area contributed by atoms with E-state index in [1.807, 2.05) is 24.3 Å². The molecule has 2 saturated heterocycles. The Morgan fingerprint density at radius 2 is 1.70 bits per heavy atom. The number of carbonyl (C=O) groups is 4. The molecule has 4 amide bonds. The van der Waals surface area contributed by atoms with Gasteiger partial charge in [-0.05, 0) is 44.7 Å². The first-order valence-corrected chi connectivity index (χ1v) is 15.5. The maximum Gasteiger partial charge on any atom is 0.475 e. The lowest BCUT2D eigenvalue weighted by atomic mass is 9.76. The average Bonchev–Trinajstić information content (AvgIpc) is 3.57. The van der Waals surface area contributed by atoms with Crippen LogP contribution in [0.25, 0.3) is 0 Å². The molecule has 0 saturated carbocycles. The maximum atomic E-state index is 14.0. The lowest BCUT2D eigenvalue weighted by Crippen LogP contribution is -2.57. The van der Waals surface area contributed by atoms with Gasteiger partial charge in [-0.3, -0.25) is 14.5 Å². The van der Waals surface area contributed by atoms with E-state index in [2.05, 4.69) is 10.6 Å². The van der Waals surface area contributed by atoms with Gasteiger partial charge in [0.1, 0.15) is 23.8 Å². The van der Waals surface area contributed by atoms with E-state index in [-0.39, 0.29) is 19.6 Å². The number of carbonyl (C=O) groups excluding carboxylic acids is 4. The van der Waals surface area contributed by atoms with E-state index in [1.165, 1.54) is 4.90 Å². The summed E-state index contributed by atoms with van der Waals surface area (Å²) in [4.78, 5) is 56.2. The third kappa shape index (κ3) is 9.32. The van der Waals surface area contributed by atoms with Crippen molar-refractivity contribution in [2.45, 2.75) is 109 Å². The second-order valence-corrected chi connectivity index (χ2v) is 12.7. The molecule has 0 bridgehead atoms. The van der Waals surface area contributed by atoms with E-state index in [1.54, 1.807) is 25.7 Å². The van der Waals surface area contributed by atoms with Gasteiger partial charge in [-0.2, -0.15) is 0 Å². The highest BCUT2D eigenvalue weighted by atomic mass is 16.6. The summed E-state index contributed by atoms with van der Waals surface area (Å²) in [7, 11) is -1.79. The predicted octanol–water partition coefficient (Wildman–Crippen LogP) is 1.87. The summed E-state index contributed by atoms with van der Waals surface area (Å²) in [5, 5.41) is 25.2. The Balaban J connectivity index is 1.53. The van der Waals surface area contributed by atoms with Crippen LogP contribution in [0.4, 0.5) is 9.59 Å². The van der Waals surface area contributed by atoms with Crippen molar-refractivity contribution >= 4 is 31.1 Å². The minimum atomic E-state index is -1.79. The zero-order valence-electron chi connectivity index (χ0n) is 25.8. The van der Waals surface area contributed by atoms with Crippen molar-refractivity contribution in [2.75, 3.05) is 19.8 Å². The van der Waals surface area contributed by atoms with Crippen LogP contribution in [-0.4, -0.2) is 100 Å². The number of nitrogens with one attached hydrogen (secondary N) is 2. The average molecular weight is 617 g/mol. The van der Waals surface area contributed by atoms with E-state index < -0.39 is 60.8 Å². The van der Waals surface area contributed by atoms with Gasteiger partial charge in [-0.1, -0.05) is 49.9 Å². The molecule has 13 nitrogen and oxygen atoms in total. The first-order valence-electron chi connectivity index (χ1n) is 15.5. The van der Waals surface area contributed by atoms with Gasteiger partial charge in [0.15, 0.2) is 0 Å². The number of benzene rings is 1. The van der Waals surface area contributed by atoms with Crippen molar-refractivity contribution in [3.63, 3.8) is 0 Å². The van der Waals surface area contributed by atoms with Crippen molar-refractivity contribution in [3.05, 3.63) is 35.4 Å². The van der Waals surface area contributed by atoms with E-state index in [4.69, 9.17) is 14.2 Å². The molecule has 0 aliphatic carbocycles. The molecule has 3 heterocycles. The number of hydrogen-bond acceptors (Lipinski definition) is 9. The Labute approximate surface area is 258 Å². The summed E-state index contributed by atoms with van der Waals surface area (Å²) in [6, 6.07) is 5.45. The summed E-state index contributed by atoms with van der Waals surface area (Å²) < 4.78 is 17.0. The van der Waals surface area contributed by atoms with Gasteiger partial charge in [-0.15, -0.1) is 0 Å². The third-order valence-corrected chi connectivity index (χ3v) is 7.98. The number of fused-ring (bicyclic) bond motifs is 2. The number of nitrogens with zero attached hydrogens (tertiary/aromatic N) is 2. The van der Waals surface area contributed by atoms with Crippen molar-refractivity contribution in [2.24, 2.45) is 0 Å². The number of ether oxygens (including phenoxy) is 3. The van der Waals surface area contributed by atoms with E-state index in [0.29, 0.717) is 32.5 Å². The smallest absolute Gasteiger partial charge is 0.444 e. The van der Waals surface area contributed by atoms with Crippen molar-refractivity contribution in [3.8, 4) is 0 Å². The van der Waals surface area contributed by atoms with Crippen LogP contribution in [0.1, 0.15) is 76.8 Å². The van der Waals surface area contributed by atoms with Crippen molar-refractivity contribution < 1.29 is 43.4 Å². The highest BCUT2D eigenvalue weighted by Crippen LogP contribution is 2.27. The molecule has 3 aliphatic heterocycles. The number of hydrogen-bond donors (Lipinski definition) is 4. The fourth-order valence-corrected chi connectivity index (χ4v) is 5.75. The molecule has 0 aromatic heterocycles. The zero-order chi connectivity index (χ0) is 31.9. The van der Waals surface area contributed by atoms with E-state index in [9.17, 15) is 29.2 Å². The standard InChI is InChI=1S/C30H45BN4O9/c1-30(2,3)44-28(38)32-23-19-42-14-10-6-4-5-7-13-25(31(40)41)33-26(36)24-15-22(18-35(24)27(23)37)43-29(39)34-16-20-11-8-9-12-21(20)17-34/h8-9,11-12,22-25,40-41H,4-7,10,13-19H2,1-3H3,(H,32,38)(H,33,36)/t22-,23-,24+,25-/m1/s1. The van der Waals surface area contributed by atoms with Gasteiger partial charge >= 0.3 is 19.3 Å². The van der Waals surface area contributed by atoms with Gasteiger partial charge in [0.2, 0.25) is 11.8 Å². The number of alkyl carbamates (subject to hydrolysis) is 1. The Bertz CT molecular complexity index is 1150. The minimum absolute atomic E-state index is 0.00163. The van der Waals surface area contributed by atoms with Crippen LogP contribution in [0.5, 0.6) is 0 Å². The molecule has 4 N–H and O–H groups in total. The molecule has 1 aromatic carbocycles. The third-order valence-electron chi connectivity index (χ3n) is 7.98. The molecule has 0 radical (unpaired) electrons. The molecule has 44 heavy (non-hydrogen) atoms. The maximum absolute atomic E-state index is 14.0. The molecule has 3 aliphatic rings. The fraction of sp³-hybridized carbons (Fsp3) is 0.667.